The van der Waals surface area contributed by atoms with Crippen LogP contribution in [0.3, 0.4) is 0 Å². The van der Waals surface area contributed by atoms with Crippen molar-refractivity contribution in [1.82, 2.24) is 15.3 Å². The molecule has 3 N–H and O–H groups in total. The van der Waals surface area contributed by atoms with E-state index in [1.807, 2.05) is 54.7 Å². The highest BCUT2D eigenvalue weighted by molar-refractivity contribution is 6.04. The molecule has 0 radical (unpaired) electrons. The van der Waals surface area contributed by atoms with E-state index in [0.29, 0.717) is 18.5 Å². The van der Waals surface area contributed by atoms with Gasteiger partial charge in [0.05, 0.1) is 6.04 Å². The fourth-order valence-corrected chi connectivity index (χ4v) is 4.69. The van der Waals surface area contributed by atoms with E-state index in [1.54, 1.807) is 6.20 Å². The van der Waals surface area contributed by atoms with E-state index < -0.39 is 0 Å². The van der Waals surface area contributed by atoms with E-state index in [2.05, 4.69) is 44.9 Å². The molecule has 0 saturated heterocycles. The van der Waals surface area contributed by atoms with Gasteiger partial charge in [-0.05, 0) is 52.8 Å². The first-order valence-electron chi connectivity index (χ1n) is 10.8. The second-order valence-electron chi connectivity index (χ2n) is 8.25. The van der Waals surface area contributed by atoms with Crippen LogP contribution < -0.4 is 10.6 Å². The van der Waals surface area contributed by atoms with Gasteiger partial charge >= 0.3 is 0 Å². The molecule has 0 aliphatic carbocycles. The molecule has 1 atom stereocenters. The molecule has 1 aliphatic heterocycles. The zero-order valence-electron chi connectivity index (χ0n) is 17.4. The van der Waals surface area contributed by atoms with Gasteiger partial charge in [-0.15, -0.1) is 0 Å². The van der Waals surface area contributed by atoms with Crippen molar-refractivity contribution in [3.8, 4) is 0 Å². The minimum Gasteiger partial charge on any atom is -0.365 e. The molecule has 2 aromatic heterocycles. The first-order valence-corrected chi connectivity index (χ1v) is 10.8. The maximum Gasteiger partial charge on any atom is 0.251 e. The molecule has 0 fully saturated rings. The van der Waals surface area contributed by atoms with Crippen LogP contribution in [0.4, 0.5) is 5.82 Å². The molecule has 1 aliphatic rings. The van der Waals surface area contributed by atoms with Crippen LogP contribution in [0.5, 0.6) is 0 Å². The number of carbonyl (C=O) groups is 1. The lowest BCUT2D eigenvalue weighted by Gasteiger charge is -2.20. The third-order valence-corrected chi connectivity index (χ3v) is 6.26. The van der Waals surface area contributed by atoms with Gasteiger partial charge in [-0.1, -0.05) is 48.5 Å². The zero-order valence-corrected chi connectivity index (χ0v) is 17.4. The molecule has 3 heterocycles. The van der Waals surface area contributed by atoms with Crippen LogP contribution in [0.1, 0.15) is 33.1 Å². The number of fused-ring (bicyclic) bond motifs is 1. The van der Waals surface area contributed by atoms with Gasteiger partial charge in [-0.25, -0.2) is 4.98 Å². The molecule has 156 valence electrons. The molecule has 32 heavy (non-hydrogen) atoms. The largest absolute Gasteiger partial charge is 0.365 e. The summed E-state index contributed by atoms with van der Waals surface area (Å²) in [5.41, 5.74) is 5.17. The Balaban J connectivity index is 1.34. The zero-order chi connectivity index (χ0) is 21.5. The Hall–Kier alpha value is -4.12. The summed E-state index contributed by atoms with van der Waals surface area (Å²) >= 11 is 0. The molecule has 6 rings (SSSR count). The summed E-state index contributed by atoms with van der Waals surface area (Å²) in [6, 6.07) is 24.2. The first kappa shape index (κ1) is 18.6. The molecule has 1 amide bonds. The van der Waals surface area contributed by atoms with E-state index >= 15 is 0 Å². The van der Waals surface area contributed by atoms with E-state index in [-0.39, 0.29) is 11.9 Å². The molecule has 5 aromatic rings. The van der Waals surface area contributed by atoms with E-state index in [9.17, 15) is 4.79 Å². The number of carbonyl (C=O) groups excluding carboxylic acids is 1. The quantitative estimate of drug-likeness (QED) is 0.360. The van der Waals surface area contributed by atoms with Gasteiger partial charge < -0.3 is 15.6 Å². The number of pyridine rings is 1. The van der Waals surface area contributed by atoms with Gasteiger partial charge in [-0.2, -0.15) is 0 Å². The molecular weight excluding hydrogens is 396 g/mol. The monoisotopic (exact) mass is 418 g/mol. The Morgan fingerprint density at radius 3 is 2.78 bits per heavy atom. The Labute approximate surface area is 185 Å². The first-order chi connectivity index (χ1) is 15.8. The number of anilines is 1. The summed E-state index contributed by atoms with van der Waals surface area (Å²) in [6.07, 6.45) is 4.53. The van der Waals surface area contributed by atoms with Crippen molar-refractivity contribution in [1.29, 1.82) is 0 Å². The van der Waals surface area contributed by atoms with Crippen LogP contribution in [-0.2, 0) is 13.0 Å². The Bertz CT molecular complexity index is 1460. The Morgan fingerprint density at radius 2 is 1.88 bits per heavy atom. The van der Waals surface area contributed by atoms with Crippen molar-refractivity contribution < 1.29 is 4.79 Å². The number of H-pyrrole nitrogens is 1. The second-order valence-corrected chi connectivity index (χ2v) is 8.25. The molecular formula is C27H22N4O. The molecule has 5 nitrogen and oxygen atoms in total. The lowest BCUT2D eigenvalue weighted by Crippen LogP contribution is -2.30. The molecule has 0 unspecified atom stereocenters. The smallest absolute Gasteiger partial charge is 0.251 e. The number of para-hydroxylation sites is 1. The molecule has 5 heteroatoms. The lowest BCUT2D eigenvalue weighted by molar-refractivity contribution is 0.0936. The highest BCUT2D eigenvalue weighted by atomic mass is 16.1. The van der Waals surface area contributed by atoms with Crippen LogP contribution >= 0.6 is 0 Å². The number of nitrogens with zero attached hydrogens (tertiary/aromatic N) is 1. The number of benzene rings is 3. The number of rotatable bonds is 5. The number of hydrogen-bond donors (Lipinski definition) is 3. The standard InChI is InChI=1S/C27H22N4O/c32-27(19-12-18-10-11-28-26-25(18)21(13-19)16-30-26)31-24(17-6-2-1-3-7-17)14-20-15-29-23-9-5-4-8-22(20)23/h1-13,15,24,29H,14,16H2,(H,28,30)(H,31,32)/t24-/m0/s1. The lowest BCUT2D eigenvalue weighted by atomic mass is 9.97. The molecule has 0 saturated carbocycles. The average Bonchev–Trinajstić information content (AvgIpc) is 3.45. The normalized spacial score (nSPS) is 13.2. The average molecular weight is 419 g/mol. The minimum atomic E-state index is -0.140. The van der Waals surface area contributed by atoms with Crippen molar-refractivity contribution in [2.24, 2.45) is 0 Å². The highest BCUT2D eigenvalue weighted by Gasteiger charge is 2.21. The molecule has 0 spiro atoms. The predicted molar refractivity (Wildman–Crippen MR) is 128 cm³/mol. The Kier molecular flexibility index (Phi) is 4.39. The topological polar surface area (TPSA) is 69.8 Å². The summed E-state index contributed by atoms with van der Waals surface area (Å²) in [5.74, 6) is 0.827. The van der Waals surface area contributed by atoms with Gasteiger partial charge in [0.15, 0.2) is 0 Å². The summed E-state index contributed by atoms with van der Waals surface area (Å²) in [7, 11) is 0. The summed E-state index contributed by atoms with van der Waals surface area (Å²) < 4.78 is 0. The highest BCUT2D eigenvalue weighted by Crippen LogP contribution is 2.32. The van der Waals surface area contributed by atoms with Crippen molar-refractivity contribution in [3.05, 3.63) is 107 Å². The minimum absolute atomic E-state index is 0.0675. The van der Waals surface area contributed by atoms with E-state index in [1.165, 1.54) is 10.9 Å². The van der Waals surface area contributed by atoms with Crippen molar-refractivity contribution in [2.75, 3.05) is 5.32 Å². The third kappa shape index (κ3) is 3.19. The second kappa shape index (κ2) is 7.54. The molecule has 0 bridgehead atoms. The number of aromatic nitrogens is 2. The summed E-state index contributed by atoms with van der Waals surface area (Å²) in [5, 5.41) is 9.94. The number of hydrogen-bond acceptors (Lipinski definition) is 3. The van der Waals surface area contributed by atoms with Crippen LogP contribution in [0.25, 0.3) is 21.7 Å². The van der Waals surface area contributed by atoms with Gasteiger partial charge in [0.1, 0.15) is 5.82 Å². The number of amides is 1. The van der Waals surface area contributed by atoms with Crippen LogP contribution in [-0.4, -0.2) is 15.9 Å². The van der Waals surface area contributed by atoms with Crippen molar-refractivity contribution in [3.63, 3.8) is 0 Å². The summed E-state index contributed by atoms with van der Waals surface area (Å²) in [6.45, 7) is 0.696. The van der Waals surface area contributed by atoms with E-state index in [4.69, 9.17) is 0 Å². The Morgan fingerprint density at radius 1 is 1.03 bits per heavy atom. The maximum atomic E-state index is 13.4. The van der Waals surface area contributed by atoms with Crippen molar-refractivity contribution in [2.45, 2.75) is 19.0 Å². The van der Waals surface area contributed by atoms with Gasteiger partial charge in [0.25, 0.3) is 5.91 Å². The molecule has 3 aromatic carbocycles. The van der Waals surface area contributed by atoms with Crippen molar-refractivity contribution >= 4 is 33.4 Å². The maximum absolute atomic E-state index is 13.4. The van der Waals surface area contributed by atoms with Crippen LogP contribution in [0.2, 0.25) is 0 Å². The fourth-order valence-electron chi connectivity index (χ4n) is 4.69. The van der Waals surface area contributed by atoms with Gasteiger partial charge in [-0.3, -0.25) is 4.79 Å². The van der Waals surface area contributed by atoms with Gasteiger partial charge in [0.2, 0.25) is 0 Å². The van der Waals surface area contributed by atoms with Crippen LogP contribution in [0.15, 0.2) is 85.2 Å². The third-order valence-electron chi connectivity index (χ3n) is 6.26. The van der Waals surface area contributed by atoms with Crippen LogP contribution in [0, 0.1) is 0 Å². The SMILES string of the molecule is O=C(N[C@@H](Cc1c[nH]c2ccccc12)c1ccccc1)c1cc2c3c(nccc3c1)NC2. The fraction of sp³-hybridized carbons (Fsp3) is 0.111. The van der Waals surface area contributed by atoms with Gasteiger partial charge in [0, 0.05) is 40.8 Å². The summed E-state index contributed by atoms with van der Waals surface area (Å²) in [4.78, 5) is 21.1. The van der Waals surface area contributed by atoms with E-state index in [0.717, 1.165) is 33.2 Å². The number of nitrogens with one attached hydrogen (secondary N) is 3. The number of aromatic amines is 1. The predicted octanol–water partition coefficient (Wildman–Crippen LogP) is 5.36.